The van der Waals surface area contributed by atoms with Crippen LogP contribution in [0.2, 0.25) is 0 Å². The molecule has 1 unspecified atom stereocenters. The first-order valence-corrected chi connectivity index (χ1v) is 12.2. The molecule has 0 aliphatic carbocycles. The van der Waals surface area contributed by atoms with E-state index in [0.717, 1.165) is 34.4 Å². The summed E-state index contributed by atoms with van der Waals surface area (Å²) >= 11 is 3.05. The van der Waals surface area contributed by atoms with E-state index < -0.39 is 29.9 Å². The molecule has 5 nitrogen and oxygen atoms in total. The number of hydrogen-bond donors (Lipinski definition) is 4. The fraction of sp³-hybridized carbons (Fsp3) is 0.333. The summed E-state index contributed by atoms with van der Waals surface area (Å²) < 4.78 is 5.93. The van der Waals surface area contributed by atoms with E-state index in [0.29, 0.717) is 0 Å². The molecule has 0 bridgehead atoms. The maximum Gasteiger partial charge on any atom is 0.132 e. The maximum absolute atomic E-state index is 10.5. The van der Waals surface area contributed by atoms with Crippen LogP contribution >= 0.6 is 23.1 Å². The van der Waals surface area contributed by atoms with Crippen LogP contribution in [0.15, 0.2) is 54.6 Å². The van der Waals surface area contributed by atoms with E-state index in [4.69, 9.17) is 10.5 Å². The van der Waals surface area contributed by atoms with Crippen molar-refractivity contribution in [3.05, 3.63) is 76.2 Å². The van der Waals surface area contributed by atoms with Crippen LogP contribution in [0.3, 0.4) is 0 Å². The number of aliphatic hydroxyl groups excluding tert-OH is 3. The highest BCUT2D eigenvalue weighted by Gasteiger charge is 2.44. The van der Waals surface area contributed by atoms with Gasteiger partial charge in [0.05, 0.1) is 0 Å². The van der Waals surface area contributed by atoms with Gasteiger partial charge in [0.2, 0.25) is 0 Å². The topological polar surface area (TPSA) is 95.9 Å². The van der Waals surface area contributed by atoms with Crippen molar-refractivity contribution >= 4 is 28.8 Å². The molecule has 5 atom stereocenters. The molecule has 0 spiro atoms. The number of aryl methyl sites for hydroxylation is 1. The minimum atomic E-state index is -1.25. The largest absolute Gasteiger partial charge is 0.399 e. The summed E-state index contributed by atoms with van der Waals surface area (Å²) in [5, 5.41) is 30.9. The van der Waals surface area contributed by atoms with Crippen LogP contribution in [0.5, 0.6) is 0 Å². The van der Waals surface area contributed by atoms with Gasteiger partial charge in [0.25, 0.3) is 0 Å². The number of nitrogen functional groups attached to an aromatic ring is 1. The Labute approximate surface area is 190 Å². The minimum Gasteiger partial charge on any atom is -0.399 e. The molecule has 3 aromatic rings. The van der Waals surface area contributed by atoms with Gasteiger partial charge in [-0.05, 0) is 59.7 Å². The predicted molar refractivity (Wildman–Crippen MR) is 127 cm³/mol. The van der Waals surface area contributed by atoms with Crippen LogP contribution in [0.1, 0.15) is 27.7 Å². The maximum atomic E-state index is 10.5. The van der Waals surface area contributed by atoms with Gasteiger partial charge in [0.15, 0.2) is 0 Å². The van der Waals surface area contributed by atoms with Crippen molar-refractivity contribution in [3.8, 4) is 10.4 Å². The highest BCUT2D eigenvalue weighted by Crippen LogP contribution is 2.37. The van der Waals surface area contributed by atoms with Gasteiger partial charge in [-0.3, -0.25) is 0 Å². The number of benzene rings is 2. The Morgan fingerprint density at radius 1 is 1.00 bits per heavy atom. The summed E-state index contributed by atoms with van der Waals surface area (Å²) in [7, 11) is 0. The Morgan fingerprint density at radius 3 is 2.55 bits per heavy atom. The Hall–Kier alpha value is -1.87. The summed E-state index contributed by atoms with van der Waals surface area (Å²) in [5.74, 6) is 0. The molecule has 5 N–H and O–H groups in total. The van der Waals surface area contributed by atoms with E-state index >= 15 is 0 Å². The second kappa shape index (κ2) is 9.32. The molecule has 1 aliphatic rings. The predicted octanol–water partition coefficient (Wildman–Crippen LogP) is 3.74. The zero-order valence-corrected chi connectivity index (χ0v) is 19.1. The van der Waals surface area contributed by atoms with Crippen molar-refractivity contribution in [2.45, 2.75) is 43.2 Å². The van der Waals surface area contributed by atoms with Gasteiger partial charge in [0, 0.05) is 21.9 Å². The molecular formula is C24H27NO4S2. The van der Waals surface area contributed by atoms with Crippen molar-refractivity contribution in [1.29, 1.82) is 0 Å². The molecule has 31 heavy (non-hydrogen) atoms. The first-order chi connectivity index (χ1) is 14.9. The van der Waals surface area contributed by atoms with Crippen LogP contribution in [0.4, 0.5) is 5.69 Å². The molecule has 2 aromatic carbocycles. The van der Waals surface area contributed by atoms with E-state index in [2.05, 4.69) is 25.1 Å². The van der Waals surface area contributed by atoms with Gasteiger partial charge in [-0.15, -0.1) is 23.1 Å². The smallest absolute Gasteiger partial charge is 0.132 e. The van der Waals surface area contributed by atoms with Gasteiger partial charge < -0.3 is 25.8 Å². The molecular weight excluding hydrogens is 430 g/mol. The standard InChI is InChI=1S/C24H27NO4S2/c1-13-6-7-15(23-21(27)20(26)22(28)24(29-23)30-2)10-16(13)12-18-8-9-19(31-18)14-4-3-5-17(25)11-14/h3-11,20-24,26-28H,12,25H2,1-2H3/t20-,21-,22+,23?,24-/m1/s1. The molecule has 0 saturated carbocycles. The Balaban J connectivity index is 1.58. The summed E-state index contributed by atoms with van der Waals surface area (Å²) in [6.07, 6.45) is -1.69. The molecule has 1 saturated heterocycles. The molecule has 4 rings (SSSR count). The van der Waals surface area contributed by atoms with Gasteiger partial charge >= 0.3 is 0 Å². The summed E-state index contributed by atoms with van der Waals surface area (Å²) in [4.78, 5) is 2.39. The lowest BCUT2D eigenvalue weighted by molar-refractivity contribution is -0.200. The first kappa shape index (κ1) is 22.3. The van der Waals surface area contributed by atoms with Crippen molar-refractivity contribution in [2.75, 3.05) is 12.0 Å². The van der Waals surface area contributed by atoms with Crippen LogP contribution in [0, 0.1) is 6.92 Å². The van der Waals surface area contributed by atoms with Gasteiger partial charge in [-0.2, -0.15) is 0 Å². The van der Waals surface area contributed by atoms with E-state index in [-0.39, 0.29) is 0 Å². The van der Waals surface area contributed by atoms with Crippen molar-refractivity contribution in [3.63, 3.8) is 0 Å². The molecule has 0 radical (unpaired) electrons. The third-order valence-corrected chi connectivity index (χ3v) is 7.69. The normalized spacial score (nSPS) is 26.2. The van der Waals surface area contributed by atoms with Gasteiger partial charge in [0.1, 0.15) is 29.9 Å². The molecule has 1 fully saturated rings. The number of hydrogen-bond acceptors (Lipinski definition) is 7. The van der Waals surface area contributed by atoms with Crippen LogP contribution in [-0.4, -0.2) is 45.3 Å². The number of thioether (sulfide) groups is 1. The fourth-order valence-corrected chi connectivity index (χ4v) is 5.58. The summed E-state index contributed by atoms with van der Waals surface area (Å²) in [6.45, 7) is 2.06. The highest BCUT2D eigenvalue weighted by molar-refractivity contribution is 7.99. The Kier molecular flexibility index (Phi) is 6.71. The third-order valence-electron chi connectivity index (χ3n) is 5.70. The van der Waals surface area contributed by atoms with E-state index in [1.807, 2.05) is 42.7 Å². The van der Waals surface area contributed by atoms with E-state index in [1.165, 1.54) is 21.5 Å². The zero-order chi connectivity index (χ0) is 22.1. The second-order valence-corrected chi connectivity index (χ2v) is 9.99. The van der Waals surface area contributed by atoms with Crippen molar-refractivity contribution < 1.29 is 20.1 Å². The molecule has 0 amide bonds. The van der Waals surface area contributed by atoms with Crippen LogP contribution in [-0.2, 0) is 11.2 Å². The lowest BCUT2D eigenvalue weighted by atomic mass is 9.92. The quantitative estimate of drug-likeness (QED) is 0.436. The summed E-state index contributed by atoms with van der Waals surface area (Å²) in [6, 6.07) is 18.1. The number of aliphatic hydroxyl groups is 3. The molecule has 1 aliphatic heterocycles. The fourth-order valence-electron chi connectivity index (χ4n) is 3.88. The number of anilines is 1. The molecule has 1 aromatic heterocycles. The lowest BCUT2D eigenvalue weighted by Gasteiger charge is -2.40. The average Bonchev–Trinajstić information content (AvgIpc) is 3.23. The van der Waals surface area contributed by atoms with E-state index in [1.54, 1.807) is 11.3 Å². The monoisotopic (exact) mass is 457 g/mol. The highest BCUT2D eigenvalue weighted by atomic mass is 32.2. The number of rotatable bonds is 5. The third kappa shape index (κ3) is 4.67. The first-order valence-electron chi connectivity index (χ1n) is 10.1. The van der Waals surface area contributed by atoms with E-state index in [9.17, 15) is 15.3 Å². The van der Waals surface area contributed by atoms with Crippen molar-refractivity contribution in [2.24, 2.45) is 0 Å². The number of ether oxygens (including phenoxy) is 1. The minimum absolute atomic E-state index is 0.591. The van der Waals surface area contributed by atoms with Crippen LogP contribution in [0.25, 0.3) is 10.4 Å². The lowest BCUT2D eigenvalue weighted by Crippen LogP contribution is -2.52. The average molecular weight is 458 g/mol. The number of thiophene rings is 1. The Morgan fingerprint density at radius 2 is 1.81 bits per heavy atom. The van der Waals surface area contributed by atoms with Crippen LogP contribution < -0.4 is 5.73 Å². The molecule has 2 heterocycles. The second-order valence-electron chi connectivity index (χ2n) is 7.89. The number of nitrogens with two attached hydrogens (primary N) is 1. The summed E-state index contributed by atoms with van der Waals surface area (Å²) in [5.41, 5.74) is 10.3. The van der Waals surface area contributed by atoms with Gasteiger partial charge in [-0.25, -0.2) is 0 Å². The zero-order valence-electron chi connectivity index (χ0n) is 17.4. The van der Waals surface area contributed by atoms with Gasteiger partial charge in [-0.1, -0.05) is 30.3 Å². The van der Waals surface area contributed by atoms with Crippen molar-refractivity contribution in [1.82, 2.24) is 0 Å². The molecule has 164 valence electrons. The molecule has 7 heteroatoms. The Bertz CT molecular complexity index is 1050. The SMILES string of the molecule is CS[C@H]1OC(c2ccc(C)c(Cc3ccc(-c4cccc(N)c4)s3)c2)[C@H](O)[C@@H](O)[C@@H]1O.